The summed E-state index contributed by atoms with van der Waals surface area (Å²) in [6.45, 7) is 6.35. The van der Waals surface area contributed by atoms with Gasteiger partial charge in [-0.1, -0.05) is 219 Å². The van der Waals surface area contributed by atoms with E-state index in [0.717, 1.165) is 135 Å². The van der Waals surface area contributed by atoms with Crippen LogP contribution in [0.3, 0.4) is 0 Å². The van der Waals surface area contributed by atoms with Crippen LogP contribution < -0.4 is 0 Å². The third-order valence-corrected chi connectivity index (χ3v) is 11.3. The van der Waals surface area contributed by atoms with Gasteiger partial charge in [0, 0.05) is 19.3 Å². The third kappa shape index (κ3) is 54.5. The number of allylic oxidation sites excluding steroid dienone is 22. The molecule has 0 saturated carbocycles. The molecule has 1 unspecified atom stereocenters. The Morgan fingerprint density at radius 3 is 1.00 bits per heavy atom. The summed E-state index contributed by atoms with van der Waals surface area (Å²) in [5.74, 6) is -1.00. The molecule has 0 aliphatic carbocycles. The van der Waals surface area contributed by atoms with Crippen LogP contribution in [0.5, 0.6) is 0 Å². The highest BCUT2D eigenvalue weighted by Gasteiger charge is 2.19. The van der Waals surface area contributed by atoms with Gasteiger partial charge in [-0.05, 0) is 128 Å². The summed E-state index contributed by atoms with van der Waals surface area (Å²) >= 11 is 0. The molecule has 0 rings (SSSR count). The molecule has 394 valence electrons. The maximum Gasteiger partial charge on any atom is 0.306 e. The first-order valence-corrected chi connectivity index (χ1v) is 28.2. The molecular weight excluding hydrogens is 865 g/mol. The number of esters is 3. The molecule has 6 heteroatoms. The van der Waals surface area contributed by atoms with E-state index < -0.39 is 6.10 Å². The second-order valence-electron chi connectivity index (χ2n) is 18.1. The van der Waals surface area contributed by atoms with Crippen LogP contribution >= 0.6 is 0 Å². The molecule has 0 fully saturated rings. The summed E-state index contributed by atoms with van der Waals surface area (Å²) < 4.78 is 16.8. The molecule has 1 atom stereocenters. The van der Waals surface area contributed by atoms with Crippen LogP contribution in [0, 0.1) is 0 Å². The first-order chi connectivity index (χ1) is 34.5. The number of carbonyl (C=O) groups excluding carboxylic acids is 3. The van der Waals surface area contributed by atoms with Crippen molar-refractivity contribution in [2.24, 2.45) is 0 Å². The quantitative estimate of drug-likeness (QED) is 0.0262. The van der Waals surface area contributed by atoms with E-state index in [0.29, 0.717) is 19.3 Å². The van der Waals surface area contributed by atoms with E-state index in [1.165, 1.54) is 51.4 Å². The second-order valence-corrected chi connectivity index (χ2v) is 18.1. The SMILES string of the molecule is CC/C=C\C/C=C\C/C=C\C/C=C\C/C=C\C/C=C\C/C=C\CCCC(=O)OCC(COC(=O)CCCCCCC/C=C\CCC)OC(=O)CCCCCCCC/C=C\C/C=C\C/C=C\CCCCC. The van der Waals surface area contributed by atoms with Crippen LogP contribution in [0.2, 0.25) is 0 Å². The van der Waals surface area contributed by atoms with Crippen molar-refractivity contribution in [1.82, 2.24) is 0 Å². The van der Waals surface area contributed by atoms with Crippen LogP contribution in [-0.2, 0) is 28.6 Å². The summed E-state index contributed by atoms with van der Waals surface area (Å²) in [5.41, 5.74) is 0. The highest BCUT2D eigenvalue weighted by molar-refractivity contribution is 5.71. The molecule has 0 aliphatic heterocycles. The van der Waals surface area contributed by atoms with Gasteiger partial charge in [0.2, 0.25) is 0 Å². The molecule has 0 N–H and O–H groups in total. The highest BCUT2D eigenvalue weighted by atomic mass is 16.6. The summed E-state index contributed by atoms with van der Waals surface area (Å²) in [6.07, 6.45) is 80.2. The largest absolute Gasteiger partial charge is 0.462 e. The highest BCUT2D eigenvalue weighted by Crippen LogP contribution is 2.13. The van der Waals surface area contributed by atoms with Gasteiger partial charge >= 0.3 is 17.9 Å². The Morgan fingerprint density at radius 2 is 0.600 bits per heavy atom. The van der Waals surface area contributed by atoms with E-state index in [1.807, 2.05) is 0 Å². The predicted molar refractivity (Wildman–Crippen MR) is 302 cm³/mol. The molecule has 0 radical (unpaired) electrons. The van der Waals surface area contributed by atoms with Crippen LogP contribution in [-0.4, -0.2) is 37.2 Å². The molecule has 0 aromatic carbocycles. The smallest absolute Gasteiger partial charge is 0.306 e. The van der Waals surface area contributed by atoms with Gasteiger partial charge in [-0.15, -0.1) is 0 Å². The molecular formula is C64H102O6. The van der Waals surface area contributed by atoms with E-state index >= 15 is 0 Å². The zero-order valence-electron chi connectivity index (χ0n) is 45.0. The minimum absolute atomic E-state index is 0.111. The number of hydrogen-bond acceptors (Lipinski definition) is 6. The zero-order chi connectivity index (χ0) is 50.7. The standard InChI is InChI=1S/C64H102O6/c1-4-7-10-13-16-19-22-24-26-28-30-31-32-33-35-36-38-40-42-45-48-51-54-57-63(66)69-60-61(59-68-62(65)56-53-50-47-44-21-18-15-12-9-6-3)70-64(67)58-55-52-49-46-43-41-39-37-34-29-27-25-23-20-17-14-11-8-5-2/h7,10,12,15-17,19-20,24-27,30-31,33-35,37-38,40,45,48,61H,4-6,8-9,11,13-14,18,21-23,28-29,32,36,39,41-44,46-47,49-60H2,1-3H3/b10-7-,15-12-,19-16-,20-17-,26-24-,27-25-,31-30-,35-33-,37-34-,40-38-,48-45-. The minimum Gasteiger partial charge on any atom is -0.462 e. The first-order valence-electron chi connectivity index (χ1n) is 28.2. The second kappa shape index (κ2) is 57.1. The fraction of sp³-hybridized carbons (Fsp3) is 0.609. The van der Waals surface area contributed by atoms with Crippen molar-refractivity contribution in [2.45, 2.75) is 239 Å². The Bertz CT molecular complexity index is 1530. The van der Waals surface area contributed by atoms with Crippen molar-refractivity contribution in [3.63, 3.8) is 0 Å². The maximum absolute atomic E-state index is 12.8. The average molecular weight is 968 g/mol. The summed E-state index contributed by atoms with van der Waals surface area (Å²) in [5, 5.41) is 0. The molecule has 0 saturated heterocycles. The monoisotopic (exact) mass is 967 g/mol. The topological polar surface area (TPSA) is 78.9 Å². The normalized spacial score (nSPS) is 13.1. The molecule has 0 aliphatic rings. The number of carbonyl (C=O) groups is 3. The Morgan fingerprint density at radius 1 is 0.300 bits per heavy atom. The van der Waals surface area contributed by atoms with Crippen LogP contribution in [0.1, 0.15) is 233 Å². The number of hydrogen-bond donors (Lipinski definition) is 0. The molecule has 0 amide bonds. The van der Waals surface area contributed by atoms with Gasteiger partial charge in [0.15, 0.2) is 6.10 Å². The molecule has 70 heavy (non-hydrogen) atoms. The van der Waals surface area contributed by atoms with Crippen molar-refractivity contribution in [3.8, 4) is 0 Å². The Kier molecular flexibility index (Phi) is 53.5. The summed E-state index contributed by atoms with van der Waals surface area (Å²) in [4.78, 5) is 38.0. The summed E-state index contributed by atoms with van der Waals surface area (Å²) in [6, 6.07) is 0. The lowest BCUT2D eigenvalue weighted by atomic mass is 10.1. The third-order valence-electron chi connectivity index (χ3n) is 11.3. The summed E-state index contributed by atoms with van der Waals surface area (Å²) in [7, 11) is 0. The molecule has 0 aromatic rings. The average Bonchev–Trinajstić information content (AvgIpc) is 3.36. The van der Waals surface area contributed by atoms with E-state index in [9.17, 15) is 14.4 Å². The van der Waals surface area contributed by atoms with E-state index in [2.05, 4.69) is 154 Å². The Balaban J connectivity index is 4.47. The van der Waals surface area contributed by atoms with Gasteiger partial charge in [0.1, 0.15) is 13.2 Å². The van der Waals surface area contributed by atoms with Crippen molar-refractivity contribution >= 4 is 17.9 Å². The van der Waals surface area contributed by atoms with Gasteiger partial charge in [-0.2, -0.15) is 0 Å². The lowest BCUT2D eigenvalue weighted by Crippen LogP contribution is -2.30. The molecule has 0 spiro atoms. The minimum atomic E-state index is -0.817. The predicted octanol–water partition coefficient (Wildman–Crippen LogP) is 19.0. The van der Waals surface area contributed by atoms with Crippen molar-refractivity contribution in [3.05, 3.63) is 134 Å². The van der Waals surface area contributed by atoms with Crippen molar-refractivity contribution in [1.29, 1.82) is 0 Å². The van der Waals surface area contributed by atoms with Crippen LogP contribution in [0.25, 0.3) is 0 Å². The van der Waals surface area contributed by atoms with Crippen molar-refractivity contribution in [2.75, 3.05) is 13.2 Å². The van der Waals surface area contributed by atoms with Gasteiger partial charge in [-0.25, -0.2) is 0 Å². The maximum atomic E-state index is 12.8. The van der Waals surface area contributed by atoms with Gasteiger partial charge in [0.25, 0.3) is 0 Å². The van der Waals surface area contributed by atoms with E-state index in [-0.39, 0.29) is 37.5 Å². The first kappa shape index (κ1) is 65.5. The van der Waals surface area contributed by atoms with Crippen LogP contribution in [0.15, 0.2) is 134 Å². The van der Waals surface area contributed by atoms with Gasteiger partial charge < -0.3 is 14.2 Å². The molecule has 0 heterocycles. The number of ether oxygens (including phenoxy) is 3. The molecule has 0 aromatic heterocycles. The fourth-order valence-electron chi connectivity index (χ4n) is 7.14. The number of rotatable bonds is 49. The van der Waals surface area contributed by atoms with Crippen molar-refractivity contribution < 1.29 is 28.6 Å². The van der Waals surface area contributed by atoms with E-state index in [4.69, 9.17) is 14.2 Å². The molecule has 6 nitrogen and oxygen atoms in total. The fourth-order valence-corrected chi connectivity index (χ4v) is 7.14. The zero-order valence-corrected chi connectivity index (χ0v) is 45.0. The lowest BCUT2D eigenvalue weighted by molar-refractivity contribution is -0.167. The van der Waals surface area contributed by atoms with Crippen LogP contribution in [0.4, 0.5) is 0 Å². The Hall–Kier alpha value is -4.45. The van der Waals surface area contributed by atoms with E-state index in [1.54, 1.807) is 0 Å². The van der Waals surface area contributed by atoms with Gasteiger partial charge in [-0.3, -0.25) is 14.4 Å². The number of unbranched alkanes of at least 4 members (excludes halogenated alkanes) is 16. The Labute approximate surface area is 430 Å². The lowest BCUT2D eigenvalue weighted by Gasteiger charge is -2.18. The van der Waals surface area contributed by atoms with Gasteiger partial charge in [0.05, 0.1) is 0 Å². The molecule has 0 bridgehead atoms.